The zero-order chi connectivity index (χ0) is 27.1. The van der Waals surface area contributed by atoms with E-state index in [2.05, 4.69) is 49.7 Å². The molecule has 0 saturated heterocycles. The molecule has 0 aliphatic carbocycles. The number of hydrogen-bond acceptors (Lipinski definition) is 8. The Kier molecular flexibility index (Phi) is 8.85. The molecule has 2 aromatic carbocycles. The minimum absolute atomic E-state index is 0.0815. The van der Waals surface area contributed by atoms with Crippen LogP contribution in [0.1, 0.15) is 55.7 Å². The second-order valence-electron chi connectivity index (χ2n) is 9.12. The lowest BCUT2D eigenvalue weighted by molar-refractivity contribution is -0.144. The van der Waals surface area contributed by atoms with E-state index in [1.807, 2.05) is 45.0 Å². The number of hydrogen-bond donors (Lipinski definition) is 1. The second-order valence-corrected chi connectivity index (χ2v) is 9.12. The molecule has 10 nitrogen and oxygen atoms in total. The van der Waals surface area contributed by atoms with Crippen molar-refractivity contribution in [2.24, 2.45) is 0 Å². The van der Waals surface area contributed by atoms with E-state index < -0.39 is 5.97 Å². The number of ether oxygens (including phenoxy) is 2. The summed E-state index contributed by atoms with van der Waals surface area (Å²) in [5, 5.41) is 13.1. The van der Waals surface area contributed by atoms with Crippen LogP contribution >= 0.6 is 0 Å². The zero-order valence-corrected chi connectivity index (χ0v) is 22.3. The first-order valence-corrected chi connectivity index (χ1v) is 12.9. The summed E-state index contributed by atoms with van der Waals surface area (Å²) in [6, 6.07) is 15.6. The number of rotatable bonds is 12. The van der Waals surface area contributed by atoms with Crippen molar-refractivity contribution in [3.8, 4) is 5.75 Å². The molecule has 0 fully saturated rings. The van der Waals surface area contributed by atoms with Gasteiger partial charge < -0.3 is 14.5 Å². The van der Waals surface area contributed by atoms with Crippen LogP contribution < -0.4 is 10.3 Å². The van der Waals surface area contributed by atoms with Crippen molar-refractivity contribution >= 4 is 16.9 Å². The summed E-state index contributed by atoms with van der Waals surface area (Å²) in [4.78, 5) is 30.5. The number of esters is 1. The van der Waals surface area contributed by atoms with Gasteiger partial charge in [-0.1, -0.05) is 36.8 Å². The normalized spacial score (nSPS) is 12.1. The quantitative estimate of drug-likeness (QED) is 0.281. The largest absolute Gasteiger partial charge is 0.494 e. The number of benzene rings is 2. The lowest BCUT2D eigenvalue weighted by atomic mass is 10.1. The van der Waals surface area contributed by atoms with Crippen LogP contribution in [0.2, 0.25) is 0 Å². The van der Waals surface area contributed by atoms with E-state index in [9.17, 15) is 9.59 Å². The highest BCUT2D eigenvalue weighted by Crippen LogP contribution is 2.27. The first-order chi connectivity index (χ1) is 18.4. The maximum absolute atomic E-state index is 13.1. The molecule has 0 amide bonds. The van der Waals surface area contributed by atoms with Gasteiger partial charge in [-0.15, -0.1) is 5.10 Å². The van der Waals surface area contributed by atoms with Crippen molar-refractivity contribution in [3.63, 3.8) is 0 Å². The molecular weight excluding hydrogens is 484 g/mol. The molecule has 0 radical (unpaired) electrons. The number of carbonyl (C=O) groups is 1. The molecule has 2 aromatic heterocycles. The fourth-order valence-electron chi connectivity index (χ4n) is 4.52. The van der Waals surface area contributed by atoms with E-state index in [1.54, 1.807) is 6.92 Å². The maximum Gasteiger partial charge on any atom is 0.327 e. The summed E-state index contributed by atoms with van der Waals surface area (Å²) < 4.78 is 12.2. The summed E-state index contributed by atoms with van der Waals surface area (Å²) in [5.74, 6) is 0.889. The van der Waals surface area contributed by atoms with E-state index in [0.717, 1.165) is 22.2 Å². The molecular formula is C28H34N6O4. The average Bonchev–Trinajstić information content (AvgIpc) is 3.34. The fraction of sp³-hybridized carbons (Fsp3) is 0.393. The van der Waals surface area contributed by atoms with E-state index in [0.29, 0.717) is 37.5 Å². The van der Waals surface area contributed by atoms with Crippen molar-refractivity contribution in [2.45, 2.75) is 59.8 Å². The van der Waals surface area contributed by atoms with Crippen LogP contribution in [-0.2, 0) is 29.2 Å². The van der Waals surface area contributed by atoms with E-state index >= 15 is 0 Å². The molecule has 0 aliphatic rings. The number of tetrazole rings is 1. The molecule has 0 aliphatic heterocycles. The number of aromatic amines is 1. The van der Waals surface area contributed by atoms with E-state index in [1.165, 1.54) is 10.2 Å². The number of fused-ring (bicyclic) bond motifs is 1. The topological polar surface area (TPSA) is 115 Å². The van der Waals surface area contributed by atoms with Crippen LogP contribution in [0, 0.1) is 6.92 Å². The Labute approximate surface area is 221 Å². The monoisotopic (exact) mass is 518 g/mol. The van der Waals surface area contributed by atoms with Crippen LogP contribution in [-0.4, -0.2) is 49.3 Å². The third-order valence-corrected chi connectivity index (χ3v) is 6.35. The first-order valence-electron chi connectivity index (χ1n) is 12.9. The number of carbonyl (C=O) groups excluding carboxylic acids is 1. The van der Waals surface area contributed by atoms with Crippen LogP contribution in [0.5, 0.6) is 5.75 Å². The molecule has 2 heterocycles. The molecule has 0 saturated carbocycles. The molecule has 38 heavy (non-hydrogen) atoms. The lowest BCUT2D eigenvalue weighted by Crippen LogP contribution is -2.33. The smallest absolute Gasteiger partial charge is 0.327 e. The Morgan fingerprint density at radius 1 is 1.05 bits per heavy atom. The summed E-state index contributed by atoms with van der Waals surface area (Å²) in [5.41, 5.74) is 3.46. The van der Waals surface area contributed by atoms with Gasteiger partial charge in [0.1, 0.15) is 12.3 Å². The predicted octanol–water partition coefficient (Wildman–Crippen LogP) is 3.94. The number of pyridine rings is 1. The van der Waals surface area contributed by atoms with Gasteiger partial charge in [-0.05, 0) is 67.4 Å². The van der Waals surface area contributed by atoms with Gasteiger partial charge >= 0.3 is 5.97 Å². The molecule has 4 aromatic rings. The predicted molar refractivity (Wildman–Crippen MR) is 144 cm³/mol. The number of nitrogens with zero attached hydrogens (tertiary/aromatic N) is 5. The van der Waals surface area contributed by atoms with Gasteiger partial charge in [0.2, 0.25) is 0 Å². The average molecular weight is 519 g/mol. The van der Waals surface area contributed by atoms with Gasteiger partial charge in [-0.3, -0.25) is 14.5 Å². The van der Waals surface area contributed by atoms with Gasteiger partial charge in [0.25, 0.3) is 5.56 Å². The minimum atomic E-state index is -0.405. The molecule has 4 rings (SSSR count). The highest BCUT2D eigenvalue weighted by Gasteiger charge is 2.27. The van der Waals surface area contributed by atoms with Crippen molar-refractivity contribution in [1.29, 1.82) is 0 Å². The molecule has 200 valence electrons. The lowest BCUT2D eigenvalue weighted by Gasteiger charge is -2.30. The van der Waals surface area contributed by atoms with Gasteiger partial charge in [-0.25, -0.2) is 4.68 Å². The van der Waals surface area contributed by atoms with E-state index in [-0.39, 0.29) is 24.8 Å². The molecule has 0 bridgehead atoms. The minimum Gasteiger partial charge on any atom is -0.494 e. The molecule has 10 heteroatoms. The summed E-state index contributed by atoms with van der Waals surface area (Å²) in [6.07, 6.45) is 0.662. The third-order valence-electron chi connectivity index (χ3n) is 6.35. The Bertz CT molecular complexity index is 1430. The third kappa shape index (κ3) is 6.44. The van der Waals surface area contributed by atoms with Crippen molar-refractivity contribution in [3.05, 3.63) is 81.4 Å². The Morgan fingerprint density at radius 2 is 1.84 bits per heavy atom. The van der Waals surface area contributed by atoms with Crippen LogP contribution in [0.15, 0.2) is 53.3 Å². The molecule has 1 N–H and O–H groups in total. The highest BCUT2D eigenvalue weighted by molar-refractivity contribution is 5.80. The fourth-order valence-corrected chi connectivity index (χ4v) is 4.52. The van der Waals surface area contributed by atoms with Crippen molar-refractivity contribution in [2.75, 3.05) is 13.2 Å². The number of aryl methyl sites for hydroxylation is 1. The molecule has 0 unspecified atom stereocenters. The zero-order valence-electron chi connectivity index (χ0n) is 22.3. The van der Waals surface area contributed by atoms with Gasteiger partial charge in [0, 0.05) is 29.6 Å². The number of H-pyrrole nitrogens is 1. The van der Waals surface area contributed by atoms with Crippen molar-refractivity contribution < 1.29 is 14.3 Å². The van der Waals surface area contributed by atoms with Gasteiger partial charge in [0.15, 0.2) is 5.82 Å². The van der Waals surface area contributed by atoms with Crippen molar-refractivity contribution in [1.82, 2.24) is 30.1 Å². The maximum atomic E-state index is 13.1. The standard InChI is InChI=1S/C28H34N6O4/c1-5-25(27-30-31-32-34(27)18-26(35)38-7-3)33(16-20-10-8-19(4)9-11-20)17-22-14-21-15-23(37-6-2)12-13-24(21)29-28(22)36/h8-15,25H,5-7,16-18H2,1-4H3,(H,29,36)/t25-/m1/s1. The Hall–Kier alpha value is -4.05. The van der Waals surface area contributed by atoms with Crippen LogP contribution in [0.25, 0.3) is 10.9 Å². The summed E-state index contributed by atoms with van der Waals surface area (Å²) in [6.45, 7) is 9.45. The summed E-state index contributed by atoms with van der Waals surface area (Å²) >= 11 is 0. The Balaban J connectivity index is 1.72. The van der Waals surface area contributed by atoms with Gasteiger partial charge in [0.05, 0.1) is 19.3 Å². The molecule has 1 atom stereocenters. The van der Waals surface area contributed by atoms with E-state index in [4.69, 9.17) is 9.47 Å². The number of aromatic nitrogens is 5. The summed E-state index contributed by atoms with van der Waals surface area (Å²) in [7, 11) is 0. The Morgan fingerprint density at radius 3 is 2.55 bits per heavy atom. The SMILES string of the molecule is CCOC(=O)Cn1nnnc1[C@@H](CC)N(Cc1ccc(C)cc1)Cc1cc2cc(OCC)ccc2[nH]c1=O. The second kappa shape index (κ2) is 12.5. The highest BCUT2D eigenvalue weighted by atomic mass is 16.5. The first kappa shape index (κ1) is 27.0. The van der Waals surface area contributed by atoms with Crippen LogP contribution in [0.3, 0.4) is 0 Å². The number of nitrogens with one attached hydrogen (secondary N) is 1. The molecule has 0 spiro atoms. The van der Waals surface area contributed by atoms with Crippen LogP contribution in [0.4, 0.5) is 0 Å². The van der Waals surface area contributed by atoms with Gasteiger partial charge in [-0.2, -0.15) is 0 Å².